The molecule has 2 aromatic carbocycles. The van der Waals surface area contributed by atoms with Crippen LogP contribution >= 0.6 is 0 Å². The topological polar surface area (TPSA) is 34.1 Å². The number of rotatable bonds is 7. The van der Waals surface area contributed by atoms with Crippen molar-refractivity contribution in [3.63, 3.8) is 0 Å². The molecule has 22 heavy (non-hydrogen) atoms. The van der Waals surface area contributed by atoms with E-state index in [0.29, 0.717) is 12.8 Å². The molecule has 0 atom stereocenters. The molecule has 0 spiro atoms. The van der Waals surface area contributed by atoms with Gasteiger partial charge in [-0.15, -0.1) is 0 Å². The first-order chi connectivity index (χ1) is 10.6. The summed E-state index contributed by atoms with van der Waals surface area (Å²) in [5.74, 6) is 0.311. The van der Waals surface area contributed by atoms with Gasteiger partial charge in [0.15, 0.2) is 11.6 Å². The van der Waals surface area contributed by atoms with E-state index in [1.165, 1.54) is 0 Å². The summed E-state index contributed by atoms with van der Waals surface area (Å²) in [7, 11) is 0. The van der Waals surface area contributed by atoms with Gasteiger partial charge in [-0.05, 0) is 26.7 Å². The lowest BCUT2D eigenvalue weighted by molar-refractivity contribution is 0.0954. The van der Waals surface area contributed by atoms with Gasteiger partial charge in [-0.2, -0.15) is 0 Å². The van der Waals surface area contributed by atoms with E-state index in [9.17, 15) is 9.59 Å². The quantitative estimate of drug-likeness (QED) is 0.536. The second kappa shape index (κ2) is 7.69. The summed E-state index contributed by atoms with van der Waals surface area (Å²) in [4.78, 5) is 24.0. The van der Waals surface area contributed by atoms with Crippen LogP contribution in [0.2, 0.25) is 0 Å². The van der Waals surface area contributed by atoms with Gasteiger partial charge in [0.25, 0.3) is 0 Å². The van der Waals surface area contributed by atoms with Gasteiger partial charge >= 0.3 is 0 Å². The number of ketones is 2. The number of hydrogen-bond acceptors (Lipinski definition) is 2. The highest BCUT2D eigenvalue weighted by Gasteiger charge is 2.08. The summed E-state index contributed by atoms with van der Waals surface area (Å²) in [5.41, 5.74) is 3.83. The van der Waals surface area contributed by atoms with Crippen molar-refractivity contribution in [1.29, 1.82) is 0 Å². The van der Waals surface area contributed by atoms with E-state index in [1.807, 2.05) is 62.4 Å². The Kier molecular flexibility index (Phi) is 5.65. The van der Waals surface area contributed by atoms with Gasteiger partial charge in [0, 0.05) is 24.0 Å². The predicted molar refractivity (Wildman–Crippen MR) is 89.5 cm³/mol. The van der Waals surface area contributed by atoms with Gasteiger partial charge in [-0.1, -0.05) is 59.7 Å². The first-order valence-electron chi connectivity index (χ1n) is 7.76. The van der Waals surface area contributed by atoms with Crippen LogP contribution in [0.25, 0.3) is 0 Å². The lowest BCUT2D eigenvalue weighted by Gasteiger charge is -2.03. The van der Waals surface area contributed by atoms with Crippen LogP contribution in [-0.4, -0.2) is 11.6 Å². The summed E-state index contributed by atoms with van der Waals surface area (Å²) < 4.78 is 0. The second-order valence-corrected chi connectivity index (χ2v) is 5.79. The Morgan fingerprint density at radius 1 is 0.636 bits per heavy atom. The number of carbonyl (C=O) groups excluding carboxylic acids is 2. The fourth-order valence-corrected chi connectivity index (χ4v) is 2.34. The minimum atomic E-state index is 0.155. The van der Waals surface area contributed by atoms with Crippen molar-refractivity contribution >= 4 is 11.6 Å². The molecule has 2 heteroatoms. The van der Waals surface area contributed by atoms with E-state index in [-0.39, 0.29) is 11.6 Å². The molecule has 0 amide bonds. The van der Waals surface area contributed by atoms with E-state index in [1.54, 1.807) is 0 Å². The first kappa shape index (κ1) is 16.2. The van der Waals surface area contributed by atoms with Gasteiger partial charge in [0.05, 0.1) is 0 Å². The Morgan fingerprint density at radius 2 is 0.955 bits per heavy atom. The molecule has 0 aliphatic heterocycles. The van der Waals surface area contributed by atoms with E-state index < -0.39 is 0 Å². The average molecular weight is 294 g/mol. The van der Waals surface area contributed by atoms with Gasteiger partial charge in [0.2, 0.25) is 0 Å². The zero-order valence-corrected chi connectivity index (χ0v) is 13.3. The minimum absolute atomic E-state index is 0.155. The first-order valence-corrected chi connectivity index (χ1v) is 7.76. The van der Waals surface area contributed by atoms with E-state index in [2.05, 4.69) is 0 Å². The molecule has 0 heterocycles. The molecule has 2 aromatic rings. The summed E-state index contributed by atoms with van der Waals surface area (Å²) in [6.07, 6.45) is 2.52. The Morgan fingerprint density at radius 3 is 1.27 bits per heavy atom. The Hall–Kier alpha value is -2.22. The zero-order valence-electron chi connectivity index (χ0n) is 13.3. The lowest BCUT2D eigenvalue weighted by Crippen LogP contribution is -2.02. The number of carbonyl (C=O) groups is 2. The second-order valence-electron chi connectivity index (χ2n) is 5.79. The molecule has 0 N–H and O–H groups in total. The molecular weight excluding hydrogens is 272 g/mol. The van der Waals surface area contributed by atoms with Crippen molar-refractivity contribution in [3.05, 3.63) is 70.8 Å². The van der Waals surface area contributed by atoms with Crippen molar-refractivity contribution in [2.45, 2.75) is 39.5 Å². The van der Waals surface area contributed by atoms with Gasteiger partial charge in [-0.3, -0.25) is 9.59 Å². The van der Waals surface area contributed by atoms with Crippen LogP contribution in [0, 0.1) is 13.8 Å². The van der Waals surface area contributed by atoms with Gasteiger partial charge in [-0.25, -0.2) is 0 Å². The van der Waals surface area contributed by atoms with Crippen LogP contribution in [0.3, 0.4) is 0 Å². The number of hydrogen-bond donors (Lipinski definition) is 0. The molecule has 114 valence electrons. The largest absolute Gasteiger partial charge is 0.294 e. The van der Waals surface area contributed by atoms with E-state index >= 15 is 0 Å². The zero-order chi connectivity index (χ0) is 15.9. The highest BCUT2D eigenvalue weighted by molar-refractivity contribution is 5.97. The van der Waals surface area contributed by atoms with Crippen LogP contribution in [0.4, 0.5) is 0 Å². The number of Topliss-reactive ketones (excluding diaryl/α,β-unsaturated/α-hetero) is 2. The van der Waals surface area contributed by atoms with Crippen molar-refractivity contribution in [3.8, 4) is 0 Å². The maximum Gasteiger partial charge on any atom is 0.162 e. The van der Waals surface area contributed by atoms with Gasteiger partial charge in [0.1, 0.15) is 0 Å². The summed E-state index contributed by atoms with van der Waals surface area (Å²) in [6, 6.07) is 15.3. The van der Waals surface area contributed by atoms with Crippen molar-refractivity contribution in [1.82, 2.24) is 0 Å². The van der Waals surface area contributed by atoms with Crippen LogP contribution in [0.5, 0.6) is 0 Å². The standard InChI is InChI=1S/C20H22O2/c1-15-7-11-17(12-8-15)19(21)5-3-4-6-20(22)18-13-9-16(2)10-14-18/h7-14H,3-6H2,1-2H3. The lowest BCUT2D eigenvalue weighted by atomic mass is 10.0. The van der Waals surface area contributed by atoms with Crippen LogP contribution in [-0.2, 0) is 0 Å². The maximum absolute atomic E-state index is 12.0. The van der Waals surface area contributed by atoms with Crippen molar-refractivity contribution in [2.24, 2.45) is 0 Å². The molecule has 0 saturated heterocycles. The molecule has 2 rings (SSSR count). The third kappa shape index (κ3) is 4.66. The SMILES string of the molecule is Cc1ccc(C(=O)CCCCC(=O)c2ccc(C)cc2)cc1. The number of benzene rings is 2. The number of unbranched alkanes of at least 4 members (excludes halogenated alkanes) is 1. The normalized spacial score (nSPS) is 10.5. The fourth-order valence-electron chi connectivity index (χ4n) is 2.34. The maximum atomic E-state index is 12.0. The Balaban J connectivity index is 1.74. The van der Waals surface area contributed by atoms with Crippen LogP contribution in [0.15, 0.2) is 48.5 Å². The fraction of sp³-hybridized carbons (Fsp3) is 0.300. The molecule has 0 bridgehead atoms. The third-order valence-electron chi connectivity index (χ3n) is 3.80. The summed E-state index contributed by atoms with van der Waals surface area (Å²) >= 11 is 0. The molecule has 0 fully saturated rings. The van der Waals surface area contributed by atoms with Gasteiger partial charge < -0.3 is 0 Å². The summed E-state index contributed by atoms with van der Waals surface area (Å²) in [5, 5.41) is 0. The summed E-state index contributed by atoms with van der Waals surface area (Å²) in [6.45, 7) is 4.01. The highest BCUT2D eigenvalue weighted by Crippen LogP contribution is 2.12. The Labute approximate surface area is 132 Å². The van der Waals surface area contributed by atoms with Crippen molar-refractivity contribution < 1.29 is 9.59 Å². The molecule has 0 aliphatic carbocycles. The molecule has 2 nitrogen and oxygen atoms in total. The molecule has 0 aliphatic rings. The van der Waals surface area contributed by atoms with E-state index in [0.717, 1.165) is 35.1 Å². The van der Waals surface area contributed by atoms with Crippen molar-refractivity contribution in [2.75, 3.05) is 0 Å². The predicted octanol–water partition coefficient (Wildman–Crippen LogP) is 4.93. The average Bonchev–Trinajstić information content (AvgIpc) is 2.52. The molecular formula is C20H22O2. The molecule has 0 unspecified atom stereocenters. The van der Waals surface area contributed by atoms with Crippen LogP contribution in [0.1, 0.15) is 57.5 Å². The number of aryl methyl sites for hydroxylation is 2. The molecule has 0 saturated carbocycles. The third-order valence-corrected chi connectivity index (χ3v) is 3.80. The van der Waals surface area contributed by atoms with Crippen LogP contribution < -0.4 is 0 Å². The minimum Gasteiger partial charge on any atom is -0.294 e. The monoisotopic (exact) mass is 294 g/mol. The Bertz CT molecular complexity index is 577. The smallest absolute Gasteiger partial charge is 0.162 e. The van der Waals surface area contributed by atoms with E-state index in [4.69, 9.17) is 0 Å². The highest BCUT2D eigenvalue weighted by atomic mass is 16.1. The molecule has 0 radical (unpaired) electrons. The molecule has 0 aromatic heterocycles.